The molecule has 9 nitrogen and oxygen atoms in total. The van der Waals surface area contributed by atoms with Gasteiger partial charge >= 0.3 is 0 Å². The number of pyridine rings is 2. The lowest BCUT2D eigenvalue weighted by Gasteiger charge is -2.07. The van der Waals surface area contributed by atoms with Crippen LogP contribution in [0.15, 0.2) is 60.8 Å². The SMILES string of the molecule is COCc1cccc(Cn2cc(-c3cc(NC=O)nc(-c4cccc(C#N)c4)c3)nn2)n1. The lowest BCUT2D eigenvalue weighted by atomic mass is 10.1. The van der Waals surface area contributed by atoms with Crippen molar-refractivity contribution in [2.24, 2.45) is 0 Å². The predicted octanol–water partition coefficient (Wildman–Crippen LogP) is 3.04. The summed E-state index contributed by atoms with van der Waals surface area (Å²) >= 11 is 0. The monoisotopic (exact) mass is 425 g/mol. The molecular weight excluding hydrogens is 406 g/mol. The van der Waals surface area contributed by atoms with Crippen molar-refractivity contribution in [2.75, 3.05) is 12.4 Å². The Morgan fingerprint density at radius 3 is 2.72 bits per heavy atom. The molecule has 0 bridgehead atoms. The molecule has 4 aromatic rings. The van der Waals surface area contributed by atoms with Gasteiger partial charge in [0.15, 0.2) is 0 Å². The fraction of sp³-hybridized carbons (Fsp3) is 0.130. The number of nitrogens with one attached hydrogen (secondary N) is 1. The first-order valence-electron chi connectivity index (χ1n) is 9.75. The zero-order chi connectivity index (χ0) is 22.3. The lowest BCUT2D eigenvalue weighted by Crippen LogP contribution is -2.04. The van der Waals surface area contributed by atoms with E-state index in [2.05, 4.69) is 31.7 Å². The van der Waals surface area contributed by atoms with E-state index in [0.717, 1.165) is 22.5 Å². The number of nitrogens with zero attached hydrogens (tertiary/aromatic N) is 6. The van der Waals surface area contributed by atoms with Crippen molar-refractivity contribution in [3.8, 4) is 28.6 Å². The molecule has 0 saturated carbocycles. The van der Waals surface area contributed by atoms with E-state index in [1.807, 2.05) is 30.3 Å². The number of anilines is 1. The molecule has 1 amide bonds. The fourth-order valence-electron chi connectivity index (χ4n) is 3.23. The van der Waals surface area contributed by atoms with Crippen LogP contribution in [0.5, 0.6) is 0 Å². The van der Waals surface area contributed by atoms with Crippen molar-refractivity contribution in [3.05, 3.63) is 77.7 Å². The number of carbonyl (C=O) groups is 1. The molecule has 32 heavy (non-hydrogen) atoms. The van der Waals surface area contributed by atoms with Crippen LogP contribution >= 0.6 is 0 Å². The molecule has 0 aliphatic carbocycles. The average molecular weight is 425 g/mol. The fourth-order valence-corrected chi connectivity index (χ4v) is 3.23. The molecular formula is C23H19N7O2. The third kappa shape index (κ3) is 4.83. The molecule has 3 aromatic heterocycles. The van der Waals surface area contributed by atoms with Gasteiger partial charge in [-0.2, -0.15) is 5.26 Å². The van der Waals surface area contributed by atoms with Crippen LogP contribution < -0.4 is 5.32 Å². The van der Waals surface area contributed by atoms with E-state index in [0.29, 0.717) is 42.3 Å². The van der Waals surface area contributed by atoms with Crippen LogP contribution in [-0.2, 0) is 22.7 Å². The van der Waals surface area contributed by atoms with Gasteiger partial charge in [-0.25, -0.2) is 9.67 Å². The number of aromatic nitrogens is 5. The highest BCUT2D eigenvalue weighted by Crippen LogP contribution is 2.27. The minimum atomic E-state index is 0.373. The van der Waals surface area contributed by atoms with Crippen LogP contribution in [0.2, 0.25) is 0 Å². The van der Waals surface area contributed by atoms with Gasteiger partial charge in [0.2, 0.25) is 6.41 Å². The van der Waals surface area contributed by atoms with Crippen LogP contribution in [0.3, 0.4) is 0 Å². The molecule has 3 heterocycles. The second-order valence-corrected chi connectivity index (χ2v) is 6.94. The molecule has 0 atom stereocenters. The van der Waals surface area contributed by atoms with E-state index in [1.54, 1.807) is 42.3 Å². The number of methoxy groups -OCH3 is 1. The Labute approximate surface area is 184 Å². The number of amides is 1. The van der Waals surface area contributed by atoms with Crippen molar-refractivity contribution in [2.45, 2.75) is 13.2 Å². The van der Waals surface area contributed by atoms with Gasteiger partial charge in [0.25, 0.3) is 0 Å². The average Bonchev–Trinajstić information content (AvgIpc) is 3.28. The first-order valence-corrected chi connectivity index (χ1v) is 9.75. The number of benzene rings is 1. The molecule has 1 aromatic carbocycles. The van der Waals surface area contributed by atoms with Crippen molar-refractivity contribution in [1.82, 2.24) is 25.0 Å². The maximum Gasteiger partial charge on any atom is 0.212 e. The number of carbonyl (C=O) groups excluding carboxylic acids is 1. The van der Waals surface area contributed by atoms with E-state index in [-0.39, 0.29) is 0 Å². The largest absolute Gasteiger partial charge is 0.378 e. The Bertz CT molecular complexity index is 1290. The molecule has 4 rings (SSSR count). The van der Waals surface area contributed by atoms with Crippen molar-refractivity contribution in [3.63, 3.8) is 0 Å². The number of hydrogen-bond acceptors (Lipinski definition) is 7. The standard InChI is InChI=1S/C23H19N7O2/c1-32-14-20-7-3-6-19(26-20)12-30-13-22(28-29-30)18-9-21(27-23(10-18)25-15-31)17-5-2-4-16(8-17)11-24/h2-10,13,15H,12,14H2,1H3,(H,25,27,31). The number of ether oxygens (including phenoxy) is 1. The van der Waals surface area contributed by atoms with Crippen molar-refractivity contribution in [1.29, 1.82) is 5.26 Å². The van der Waals surface area contributed by atoms with Crippen LogP contribution in [0.4, 0.5) is 5.82 Å². The van der Waals surface area contributed by atoms with Crippen molar-refractivity contribution < 1.29 is 9.53 Å². The van der Waals surface area contributed by atoms with Gasteiger partial charge in [-0.1, -0.05) is 23.4 Å². The Morgan fingerprint density at radius 2 is 1.91 bits per heavy atom. The van der Waals surface area contributed by atoms with Crippen LogP contribution in [0, 0.1) is 11.3 Å². The molecule has 0 spiro atoms. The molecule has 158 valence electrons. The summed E-state index contributed by atoms with van der Waals surface area (Å²) in [5, 5.41) is 20.3. The van der Waals surface area contributed by atoms with Gasteiger partial charge in [-0.15, -0.1) is 5.10 Å². The Hall–Kier alpha value is -4.42. The van der Waals surface area contributed by atoms with E-state index < -0.39 is 0 Å². The second kappa shape index (κ2) is 9.59. The maximum absolute atomic E-state index is 11.0. The highest BCUT2D eigenvalue weighted by molar-refractivity contribution is 5.77. The molecule has 1 N–H and O–H groups in total. The summed E-state index contributed by atoms with van der Waals surface area (Å²) in [4.78, 5) is 20.0. The van der Waals surface area contributed by atoms with Crippen LogP contribution in [-0.4, -0.2) is 38.5 Å². The van der Waals surface area contributed by atoms with Crippen molar-refractivity contribution >= 4 is 12.2 Å². The first-order chi connectivity index (χ1) is 15.7. The smallest absolute Gasteiger partial charge is 0.212 e. The van der Waals surface area contributed by atoms with E-state index >= 15 is 0 Å². The van der Waals surface area contributed by atoms with Gasteiger partial charge in [0.05, 0.1) is 48.1 Å². The zero-order valence-corrected chi connectivity index (χ0v) is 17.3. The minimum absolute atomic E-state index is 0.373. The third-order valence-electron chi connectivity index (χ3n) is 4.63. The summed E-state index contributed by atoms with van der Waals surface area (Å²) in [5.74, 6) is 0.373. The summed E-state index contributed by atoms with van der Waals surface area (Å²) < 4.78 is 6.83. The zero-order valence-electron chi connectivity index (χ0n) is 17.3. The first kappa shape index (κ1) is 20.8. The second-order valence-electron chi connectivity index (χ2n) is 6.94. The molecule has 0 fully saturated rings. The van der Waals surface area contributed by atoms with Gasteiger partial charge < -0.3 is 10.1 Å². The number of hydrogen-bond donors (Lipinski definition) is 1. The van der Waals surface area contributed by atoms with Gasteiger partial charge in [0.1, 0.15) is 11.5 Å². The quantitative estimate of drug-likeness (QED) is 0.431. The lowest BCUT2D eigenvalue weighted by molar-refractivity contribution is -0.105. The summed E-state index contributed by atoms with van der Waals surface area (Å²) in [5.41, 5.74) is 4.91. The maximum atomic E-state index is 11.0. The van der Waals surface area contributed by atoms with E-state index in [9.17, 15) is 10.1 Å². The van der Waals surface area contributed by atoms with Gasteiger partial charge in [-0.05, 0) is 36.4 Å². The highest BCUT2D eigenvalue weighted by Gasteiger charge is 2.11. The molecule has 0 unspecified atom stereocenters. The van der Waals surface area contributed by atoms with Gasteiger partial charge in [-0.3, -0.25) is 9.78 Å². The minimum Gasteiger partial charge on any atom is -0.378 e. The summed E-state index contributed by atoms with van der Waals surface area (Å²) in [7, 11) is 1.63. The summed E-state index contributed by atoms with van der Waals surface area (Å²) in [6.07, 6.45) is 2.37. The molecule has 9 heteroatoms. The predicted molar refractivity (Wildman–Crippen MR) is 117 cm³/mol. The molecule has 0 aliphatic heterocycles. The number of rotatable bonds is 8. The Kier molecular flexibility index (Phi) is 6.25. The summed E-state index contributed by atoms with van der Waals surface area (Å²) in [6, 6.07) is 18.5. The molecule has 0 saturated heterocycles. The Morgan fingerprint density at radius 1 is 1.06 bits per heavy atom. The number of nitriles is 1. The van der Waals surface area contributed by atoms with E-state index in [1.165, 1.54) is 0 Å². The molecule has 0 aliphatic rings. The third-order valence-corrected chi connectivity index (χ3v) is 4.63. The topological polar surface area (TPSA) is 119 Å². The molecule has 0 radical (unpaired) electrons. The van der Waals surface area contributed by atoms with Crippen LogP contribution in [0.1, 0.15) is 17.0 Å². The van der Waals surface area contributed by atoms with Crippen LogP contribution in [0.25, 0.3) is 22.5 Å². The van der Waals surface area contributed by atoms with Gasteiger partial charge in [0, 0.05) is 18.2 Å². The highest BCUT2D eigenvalue weighted by atomic mass is 16.5. The van der Waals surface area contributed by atoms with E-state index in [4.69, 9.17) is 4.74 Å². The summed E-state index contributed by atoms with van der Waals surface area (Å²) in [6.45, 7) is 0.891. The normalized spacial score (nSPS) is 10.5. The Balaban J connectivity index is 1.65.